The van der Waals surface area contributed by atoms with Crippen molar-refractivity contribution in [1.82, 2.24) is 0 Å². The van der Waals surface area contributed by atoms with Crippen LogP contribution in [-0.2, 0) is 9.53 Å². The van der Waals surface area contributed by atoms with E-state index in [2.05, 4.69) is 51.8 Å². The van der Waals surface area contributed by atoms with Gasteiger partial charge < -0.3 is 4.74 Å². The molecule has 2 aliphatic carbocycles. The second-order valence-corrected chi connectivity index (χ2v) is 8.31. The standard InChI is InChI=1S/C23H32O2/c1-7-20(17(4)13-14-18-11-9-8-10-12-18)25-22(24)21-19(15-16(2)3)23(21,5)6/h1,11,13,15,19-21H,8-10,12,14H2,2-6H3. The van der Waals surface area contributed by atoms with Crippen LogP contribution in [0.4, 0.5) is 0 Å². The molecule has 0 aromatic rings. The molecule has 0 radical (unpaired) electrons. The second kappa shape index (κ2) is 8.09. The maximum atomic E-state index is 12.6. The van der Waals surface area contributed by atoms with Crippen LogP contribution in [0.15, 0.2) is 34.9 Å². The quantitative estimate of drug-likeness (QED) is 0.357. The molecule has 3 unspecified atom stereocenters. The minimum absolute atomic E-state index is 0.0436. The zero-order chi connectivity index (χ0) is 18.6. The van der Waals surface area contributed by atoms with Gasteiger partial charge >= 0.3 is 5.97 Å². The Morgan fingerprint density at radius 2 is 2.12 bits per heavy atom. The highest BCUT2D eigenvalue weighted by molar-refractivity contribution is 5.79. The summed E-state index contributed by atoms with van der Waals surface area (Å²) in [6.45, 7) is 10.3. The fraction of sp³-hybridized carbons (Fsp3) is 0.609. The van der Waals surface area contributed by atoms with Gasteiger partial charge in [0.2, 0.25) is 0 Å². The fourth-order valence-corrected chi connectivity index (χ4v) is 3.74. The molecule has 2 nitrogen and oxygen atoms in total. The second-order valence-electron chi connectivity index (χ2n) is 8.31. The maximum absolute atomic E-state index is 12.6. The molecule has 3 atom stereocenters. The Morgan fingerprint density at radius 3 is 2.68 bits per heavy atom. The van der Waals surface area contributed by atoms with Gasteiger partial charge in [-0.05, 0) is 69.8 Å². The van der Waals surface area contributed by atoms with Gasteiger partial charge in [0.05, 0.1) is 5.92 Å². The zero-order valence-corrected chi connectivity index (χ0v) is 16.4. The topological polar surface area (TPSA) is 26.3 Å². The first-order valence-corrected chi connectivity index (χ1v) is 9.43. The van der Waals surface area contributed by atoms with Crippen molar-refractivity contribution in [3.05, 3.63) is 34.9 Å². The van der Waals surface area contributed by atoms with Gasteiger partial charge in [-0.2, -0.15) is 0 Å². The Bertz CT molecular complexity index is 635. The maximum Gasteiger partial charge on any atom is 0.311 e. The highest BCUT2D eigenvalue weighted by Gasteiger charge is 2.61. The minimum Gasteiger partial charge on any atom is -0.444 e. The lowest BCUT2D eigenvalue weighted by Crippen LogP contribution is -2.20. The van der Waals surface area contributed by atoms with E-state index in [0.717, 1.165) is 12.0 Å². The van der Waals surface area contributed by atoms with Crippen molar-refractivity contribution in [2.45, 2.75) is 72.8 Å². The molecule has 2 heteroatoms. The number of carbonyl (C=O) groups is 1. The Labute approximate surface area is 153 Å². The van der Waals surface area contributed by atoms with Crippen molar-refractivity contribution in [3.8, 4) is 12.3 Å². The molecule has 136 valence electrons. The summed E-state index contributed by atoms with van der Waals surface area (Å²) in [5.41, 5.74) is 3.62. The van der Waals surface area contributed by atoms with Crippen molar-refractivity contribution in [2.75, 3.05) is 0 Å². The molecule has 1 fully saturated rings. The number of terminal acetylenes is 1. The molecule has 0 aliphatic heterocycles. The molecule has 0 N–H and O–H groups in total. The lowest BCUT2D eigenvalue weighted by molar-refractivity contribution is -0.147. The Kier molecular flexibility index (Phi) is 6.33. The summed E-state index contributed by atoms with van der Waals surface area (Å²) in [5, 5.41) is 0. The Hall–Kier alpha value is -1.75. The number of carbonyl (C=O) groups excluding carboxylic acids is 1. The summed E-state index contributed by atoms with van der Waals surface area (Å²) in [4.78, 5) is 12.6. The van der Waals surface area contributed by atoms with Gasteiger partial charge in [-0.25, -0.2) is 0 Å². The molecule has 0 saturated heterocycles. The summed E-state index contributed by atoms with van der Waals surface area (Å²) in [5.74, 6) is 2.63. The predicted molar refractivity (Wildman–Crippen MR) is 104 cm³/mol. The number of allylic oxidation sites excluding steroid dienone is 5. The van der Waals surface area contributed by atoms with Crippen molar-refractivity contribution in [1.29, 1.82) is 0 Å². The average Bonchev–Trinajstić information content (AvgIpc) is 3.10. The molecule has 0 heterocycles. The first-order valence-electron chi connectivity index (χ1n) is 9.43. The molecule has 25 heavy (non-hydrogen) atoms. The molecule has 0 aromatic carbocycles. The first kappa shape index (κ1) is 19.6. The zero-order valence-electron chi connectivity index (χ0n) is 16.4. The first-order chi connectivity index (χ1) is 11.8. The molecule has 1 saturated carbocycles. The van der Waals surface area contributed by atoms with E-state index in [9.17, 15) is 4.79 Å². The predicted octanol–water partition coefficient (Wildman–Crippen LogP) is 5.61. The minimum atomic E-state index is -0.555. The highest BCUT2D eigenvalue weighted by atomic mass is 16.5. The fourth-order valence-electron chi connectivity index (χ4n) is 3.74. The van der Waals surface area contributed by atoms with Crippen LogP contribution >= 0.6 is 0 Å². The van der Waals surface area contributed by atoms with Crippen LogP contribution in [-0.4, -0.2) is 12.1 Å². The summed E-state index contributed by atoms with van der Waals surface area (Å²) >= 11 is 0. The van der Waals surface area contributed by atoms with Crippen molar-refractivity contribution in [3.63, 3.8) is 0 Å². The number of rotatable bonds is 6. The molecule has 0 amide bonds. The number of ether oxygens (including phenoxy) is 1. The van der Waals surface area contributed by atoms with E-state index >= 15 is 0 Å². The van der Waals surface area contributed by atoms with Crippen molar-refractivity contribution in [2.24, 2.45) is 17.3 Å². The van der Waals surface area contributed by atoms with E-state index in [1.807, 2.05) is 6.92 Å². The normalized spacial score (nSPS) is 26.1. The Balaban J connectivity index is 1.97. The average molecular weight is 341 g/mol. The summed E-state index contributed by atoms with van der Waals surface area (Å²) in [6.07, 6.45) is 17.5. The van der Waals surface area contributed by atoms with Gasteiger partial charge in [0.15, 0.2) is 6.10 Å². The van der Waals surface area contributed by atoms with Gasteiger partial charge in [0.25, 0.3) is 0 Å². The molecular formula is C23H32O2. The van der Waals surface area contributed by atoms with E-state index in [1.165, 1.54) is 36.8 Å². The molecule has 2 rings (SSSR count). The number of hydrogen-bond acceptors (Lipinski definition) is 2. The van der Waals surface area contributed by atoms with E-state index in [0.29, 0.717) is 0 Å². The van der Waals surface area contributed by atoms with Gasteiger partial charge in [-0.15, -0.1) is 6.42 Å². The van der Waals surface area contributed by atoms with Gasteiger partial charge in [0, 0.05) is 0 Å². The van der Waals surface area contributed by atoms with E-state index in [-0.39, 0.29) is 23.2 Å². The van der Waals surface area contributed by atoms with Gasteiger partial charge in [0.1, 0.15) is 0 Å². The largest absolute Gasteiger partial charge is 0.444 e. The van der Waals surface area contributed by atoms with Gasteiger partial charge in [-0.1, -0.05) is 49.1 Å². The van der Waals surface area contributed by atoms with Crippen LogP contribution < -0.4 is 0 Å². The number of esters is 1. The third-order valence-corrected chi connectivity index (χ3v) is 5.55. The number of hydrogen-bond donors (Lipinski definition) is 0. The molecule has 0 aromatic heterocycles. The SMILES string of the molecule is C#CC(OC(=O)C1C(C=C(C)C)C1(C)C)C(C)=CCC1=CCCCC1. The van der Waals surface area contributed by atoms with E-state index in [4.69, 9.17) is 11.2 Å². The molecule has 0 spiro atoms. The van der Waals surface area contributed by atoms with Crippen LogP contribution in [0.5, 0.6) is 0 Å². The van der Waals surface area contributed by atoms with Crippen molar-refractivity contribution >= 4 is 5.97 Å². The molecular weight excluding hydrogens is 308 g/mol. The lowest BCUT2D eigenvalue weighted by atomic mass is 9.96. The van der Waals surface area contributed by atoms with Crippen LogP contribution in [0.25, 0.3) is 0 Å². The van der Waals surface area contributed by atoms with E-state index in [1.54, 1.807) is 0 Å². The van der Waals surface area contributed by atoms with E-state index < -0.39 is 6.10 Å². The van der Waals surface area contributed by atoms with Crippen LogP contribution in [0, 0.1) is 29.6 Å². The summed E-state index contributed by atoms with van der Waals surface area (Å²) in [7, 11) is 0. The smallest absolute Gasteiger partial charge is 0.311 e. The van der Waals surface area contributed by atoms with Gasteiger partial charge in [-0.3, -0.25) is 4.79 Å². The van der Waals surface area contributed by atoms with Crippen LogP contribution in [0.3, 0.4) is 0 Å². The lowest BCUT2D eigenvalue weighted by Gasteiger charge is -2.15. The monoisotopic (exact) mass is 340 g/mol. The van der Waals surface area contributed by atoms with Crippen LogP contribution in [0.1, 0.15) is 66.7 Å². The molecule has 0 bridgehead atoms. The van der Waals surface area contributed by atoms with Crippen LogP contribution in [0.2, 0.25) is 0 Å². The Morgan fingerprint density at radius 1 is 1.40 bits per heavy atom. The van der Waals surface area contributed by atoms with Crippen molar-refractivity contribution < 1.29 is 9.53 Å². The molecule has 2 aliphatic rings. The highest BCUT2D eigenvalue weighted by Crippen LogP contribution is 2.60. The summed E-state index contributed by atoms with van der Waals surface area (Å²) < 4.78 is 5.68. The summed E-state index contributed by atoms with van der Waals surface area (Å²) in [6, 6.07) is 0. The third kappa shape index (κ3) is 4.88. The third-order valence-electron chi connectivity index (χ3n) is 5.55.